The Bertz CT molecular complexity index is 1200. The zero-order valence-corrected chi connectivity index (χ0v) is 19.0. The van der Waals surface area contributed by atoms with E-state index in [1.165, 1.54) is 16.7 Å². The van der Waals surface area contributed by atoms with Gasteiger partial charge in [0.05, 0.1) is 11.2 Å². The van der Waals surface area contributed by atoms with Gasteiger partial charge in [-0.05, 0) is 49.2 Å². The Morgan fingerprint density at radius 3 is 2.41 bits per heavy atom. The summed E-state index contributed by atoms with van der Waals surface area (Å²) in [5.41, 5.74) is 2.47. The van der Waals surface area contributed by atoms with Gasteiger partial charge >= 0.3 is 0 Å². The third-order valence-electron chi connectivity index (χ3n) is 5.86. The minimum atomic E-state index is -0.338. The van der Waals surface area contributed by atoms with Crippen LogP contribution in [0.25, 0.3) is 11.0 Å². The van der Waals surface area contributed by atoms with Crippen LogP contribution in [0.5, 0.6) is 0 Å². The highest BCUT2D eigenvalue weighted by Crippen LogP contribution is 2.31. The third-order valence-corrected chi connectivity index (χ3v) is 6.07. The second-order valence-corrected chi connectivity index (χ2v) is 7.89. The largest absolute Gasteiger partial charge is 0.400 e. The number of fused-ring (bicyclic) bond motifs is 1. The summed E-state index contributed by atoms with van der Waals surface area (Å²) in [6, 6.07) is 12.2. The number of hydrogen-bond donors (Lipinski definition) is 1. The van der Waals surface area contributed by atoms with Crippen LogP contribution in [0.15, 0.2) is 41.2 Å². The maximum Gasteiger partial charge on any atom is 0.270 e. The molecule has 1 aromatic carbocycles. The molecule has 168 valence electrons. The fourth-order valence-electron chi connectivity index (χ4n) is 4.14. The van der Waals surface area contributed by atoms with E-state index in [1.807, 2.05) is 7.05 Å². The fourth-order valence-corrected chi connectivity index (χ4v) is 4.29. The van der Waals surface area contributed by atoms with Crippen LogP contribution in [-0.2, 0) is 7.05 Å². The van der Waals surface area contributed by atoms with Crippen molar-refractivity contribution in [1.82, 2.24) is 9.55 Å². The maximum absolute atomic E-state index is 13.2. The van der Waals surface area contributed by atoms with Crippen LogP contribution >= 0.6 is 11.6 Å². The van der Waals surface area contributed by atoms with E-state index in [2.05, 4.69) is 20.9 Å². The number of piperidine rings is 1. The number of pyridine rings is 2. The van der Waals surface area contributed by atoms with Gasteiger partial charge in [-0.1, -0.05) is 11.6 Å². The maximum atomic E-state index is 13.2. The van der Waals surface area contributed by atoms with Crippen molar-refractivity contribution in [2.24, 2.45) is 7.05 Å². The van der Waals surface area contributed by atoms with E-state index in [0.29, 0.717) is 35.0 Å². The summed E-state index contributed by atoms with van der Waals surface area (Å²) in [5, 5.41) is 17.0. The summed E-state index contributed by atoms with van der Waals surface area (Å²) in [5.74, 6) is -0.255. The highest BCUT2D eigenvalue weighted by atomic mass is 35.5. The van der Waals surface area contributed by atoms with E-state index in [9.17, 15) is 14.4 Å². The number of nitriles is 1. The van der Waals surface area contributed by atoms with Gasteiger partial charge in [-0.15, -0.1) is 0 Å². The fraction of sp³-hybridized carbons (Fsp3) is 0.348. The first-order valence-electron chi connectivity index (χ1n) is 10.2. The average Bonchev–Trinajstić information content (AvgIpc) is 2.82. The summed E-state index contributed by atoms with van der Waals surface area (Å²) in [7, 11) is 4.64. The van der Waals surface area contributed by atoms with Gasteiger partial charge in [0.25, 0.3) is 5.56 Å². The van der Waals surface area contributed by atoms with Crippen molar-refractivity contribution in [2.45, 2.75) is 18.9 Å². The molecular weight excluding hydrogens is 433 g/mol. The highest BCUT2D eigenvalue weighted by molar-refractivity contribution is 6.29. The smallest absolute Gasteiger partial charge is 0.270 e. The standard InChI is InChI=1S/C22H21ClFN5O.CH4O/c1-27(15-5-3-14(24)4-6-15)16-9-11-29(12-10-16)21-17(13-25)22(30)28(2)18-7-8-19(23)26-20(18)21;1-2/h3-8,16H,9-12H2,1-2H3;2H,1H3. The van der Waals surface area contributed by atoms with Gasteiger partial charge in [0, 0.05) is 46.0 Å². The van der Waals surface area contributed by atoms with E-state index < -0.39 is 0 Å². The van der Waals surface area contributed by atoms with Gasteiger partial charge in [0.1, 0.15) is 28.1 Å². The van der Waals surface area contributed by atoms with Gasteiger partial charge < -0.3 is 19.5 Å². The highest BCUT2D eigenvalue weighted by Gasteiger charge is 2.28. The van der Waals surface area contributed by atoms with Gasteiger partial charge in [-0.25, -0.2) is 9.37 Å². The van der Waals surface area contributed by atoms with Crippen molar-refractivity contribution in [3.05, 3.63) is 63.3 Å². The van der Waals surface area contributed by atoms with E-state index in [1.54, 1.807) is 31.3 Å². The second-order valence-electron chi connectivity index (χ2n) is 7.51. The van der Waals surface area contributed by atoms with Crippen LogP contribution in [-0.4, -0.2) is 47.9 Å². The lowest BCUT2D eigenvalue weighted by Crippen LogP contribution is -2.44. The first-order valence-corrected chi connectivity index (χ1v) is 10.6. The minimum Gasteiger partial charge on any atom is -0.400 e. The summed E-state index contributed by atoms with van der Waals surface area (Å²) >= 11 is 6.13. The molecule has 4 rings (SSSR count). The molecule has 3 aromatic rings. The van der Waals surface area contributed by atoms with E-state index >= 15 is 0 Å². The molecule has 1 fully saturated rings. The molecule has 0 aliphatic carbocycles. The van der Waals surface area contributed by atoms with E-state index in [-0.39, 0.29) is 23.0 Å². The number of hydrogen-bond acceptors (Lipinski definition) is 6. The van der Waals surface area contributed by atoms with Crippen LogP contribution < -0.4 is 15.4 Å². The van der Waals surface area contributed by atoms with Crippen molar-refractivity contribution < 1.29 is 9.50 Å². The van der Waals surface area contributed by atoms with Crippen molar-refractivity contribution in [2.75, 3.05) is 37.0 Å². The molecule has 9 heteroatoms. The second kappa shape index (κ2) is 9.98. The SMILES string of the molecule is CN(c1ccc(F)cc1)C1CCN(c2c(C#N)c(=O)n(C)c3ccc(Cl)nc23)CC1.CO. The van der Waals surface area contributed by atoms with Gasteiger partial charge in [0.2, 0.25) is 0 Å². The monoisotopic (exact) mass is 457 g/mol. The van der Waals surface area contributed by atoms with Crippen LogP contribution in [0.4, 0.5) is 15.8 Å². The molecule has 0 saturated carbocycles. The van der Waals surface area contributed by atoms with Gasteiger partial charge in [-0.2, -0.15) is 5.26 Å². The first-order chi connectivity index (χ1) is 15.4. The summed E-state index contributed by atoms with van der Waals surface area (Å²) in [6.45, 7) is 1.34. The molecule has 2 aromatic heterocycles. The quantitative estimate of drug-likeness (QED) is 0.607. The molecule has 0 spiro atoms. The van der Waals surface area contributed by atoms with Crippen molar-refractivity contribution in [3.63, 3.8) is 0 Å². The Labute approximate surface area is 190 Å². The molecule has 7 nitrogen and oxygen atoms in total. The molecular formula is C23H25ClFN5O2. The molecule has 0 unspecified atom stereocenters. The predicted octanol–water partition coefficient (Wildman–Crippen LogP) is 3.31. The molecule has 1 saturated heterocycles. The Morgan fingerprint density at radius 1 is 1.19 bits per heavy atom. The lowest BCUT2D eigenvalue weighted by atomic mass is 10.0. The molecule has 1 aliphatic heterocycles. The number of aliphatic hydroxyl groups is 1. The lowest BCUT2D eigenvalue weighted by Gasteiger charge is -2.39. The Morgan fingerprint density at radius 2 is 1.81 bits per heavy atom. The zero-order chi connectivity index (χ0) is 23.4. The van der Waals surface area contributed by atoms with Crippen molar-refractivity contribution in [1.29, 1.82) is 5.26 Å². The Hall–Kier alpha value is -3.15. The summed E-state index contributed by atoms with van der Waals surface area (Å²) < 4.78 is 14.7. The lowest BCUT2D eigenvalue weighted by molar-refractivity contribution is 0.399. The molecule has 1 aliphatic rings. The van der Waals surface area contributed by atoms with Crippen LogP contribution in [0.2, 0.25) is 5.15 Å². The molecule has 0 bridgehead atoms. The summed E-state index contributed by atoms with van der Waals surface area (Å²) in [4.78, 5) is 21.4. The number of benzene rings is 1. The number of rotatable bonds is 3. The summed E-state index contributed by atoms with van der Waals surface area (Å²) in [6.07, 6.45) is 1.66. The molecule has 3 heterocycles. The average molecular weight is 458 g/mol. The Balaban J connectivity index is 0.00000141. The molecule has 0 radical (unpaired) electrons. The number of aryl methyl sites for hydroxylation is 1. The van der Waals surface area contributed by atoms with Gasteiger partial charge in [-0.3, -0.25) is 4.79 Å². The molecule has 0 amide bonds. The molecule has 1 N–H and O–H groups in total. The van der Waals surface area contributed by atoms with Gasteiger partial charge in [0.15, 0.2) is 0 Å². The van der Waals surface area contributed by atoms with Crippen molar-refractivity contribution in [3.8, 4) is 6.07 Å². The number of aromatic nitrogens is 2. The molecule has 0 atom stereocenters. The molecule has 32 heavy (non-hydrogen) atoms. The van der Waals surface area contributed by atoms with Crippen LogP contribution in [0.3, 0.4) is 0 Å². The normalized spacial score (nSPS) is 14.0. The van der Waals surface area contributed by atoms with Crippen LogP contribution in [0.1, 0.15) is 18.4 Å². The topological polar surface area (TPSA) is 85.4 Å². The minimum absolute atomic E-state index is 0.0881. The first kappa shape index (κ1) is 23.5. The number of aliphatic hydroxyl groups excluding tert-OH is 1. The zero-order valence-electron chi connectivity index (χ0n) is 18.2. The van der Waals surface area contributed by atoms with Crippen molar-refractivity contribution >= 4 is 34.0 Å². The van der Waals surface area contributed by atoms with Crippen LogP contribution in [0, 0.1) is 17.1 Å². The van der Waals surface area contributed by atoms with E-state index in [0.717, 1.165) is 25.6 Å². The number of anilines is 2. The number of nitrogens with zero attached hydrogens (tertiary/aromatic N) is 5. The predicted molar refractivity (Wildman–Crippen MR) is 125 cm³/mol. The van der Waals surface area contributed by atoms with E-state index in [4.69, 9.17) is 16.7 Å². The third kappa shape index (κ3) is 4.40. The Kier molecular flexibility index (Phi) is 7.33. The number of halogens is 2.